The van der Waals surface area contributed by atoms with Crippen LogP contribution in [0.2, 0.25) is 5.02 Å². The number of anilines is 1. The average Bonchev–Trinajstić information content (AvgIpc) is 3.38. The Hall–Kier alpha value is -3.12. The summed E-state index contributed by atoms with van der Waals surface area (Å²) in [6, 6.07) is 14.8. The van der Waals surface area contributed by atoms with Crippen LogP contribution >= 0.6 is 11.6 Å². The predicted octanol–water partition coefficient (Wildman–Crippen LogP) is 3.89. The zero-order chi connectivity index (χ0) is 22.0. The summed E-state index contributed by atoms with van der Waals surface area (Å²) in [5.41, 5.74) is 2.92. The molecule has 2 amide bonds. The van der Waals surface area contributed by atoms with Gasteiger partial charge < -0.3 is 14.8 Å². The largest absolute Gasteiger partial charge is 0.342 e. The van der Waals surface area contributed by atoms with Gasteiger partial charge in [-0.15, -0.1) is 0 Å². The van der Waals surface area contributed by atoms with E-state index >= 15 is 0 Å². The normalized spacial score (nSPS) is 17.1. The number of hydrogen-bond donors (Lipinski definition) is 1. The second kappa shape index (κ2) is 8.94. The third-order valence-electron chi connectivity index (χ3n) is 5.76. The topological polar surface area (TPSA) is 67.2 Å². The van der Waals surface area contributed by atoms with Crippen molar-refractivity contribution in [3.05, 3.63) is 82.9 Å². The van der Waals surface area contributed by atoms with Gasteiger partial charge in [0.1, 0.15) is 11.9 Å². The summed E-state index contributed by atoms with van der Waals surface area (Å²) in [6.07, 6.45) is 4.67. The highest BCUT2D eigenvalue weighted by Crippen LogP contribution is 2.28. The number of carbonyl (C=O) groups excluding carboxylic acids is 2. The molecule has 0 saturated carbocycles. The minimum absolute atomic E-state index is 0.0376. The van der Waals surface area contributed by atoms with Crippen LogP contribution in [0.15, 0.2) is 60.9 Å². The quantitative estimate of drug-likeness (QED) is 0.637. The lowest BCUT2D eigenvalue weighted by molar-refractivity contribution is -0.126. The Balaban J connectivity index is 1.53. The van der Waals surface area contributed by atoms with Gasteiger partial charge in [0.2, 0.25) is 11.8 Å². The molecule has 0 spiro atoms. The van der Waals surface area contributed by atoms with Gasteiger partial charge in [-0.3, -0.25) is 9.59 Å². The number of aryl methyl sites for hydroxylation is 2. The number of nitrogens with one attached hydrogen (secondary N) is 1. The van der Waals surface area contributed by atoms with Crippen molar-refractivity contribution in [1.29, 1.82) is 0 Å². The number of nitrogens with zero attached hydrogens (tertiary/aromatic N) is 3. The van der Waals surface area contributed by atoms with E-state index in [1.54, 1.807) is 23.2 Å². The first-order chi connectivity index (χ1) is 15.0. The molecule has 6 nitrogen and oxygen atoms in total. The van der Waals surface area contributed by atoms with Crippen molar-refractivity contribution in [2.45, 2.75) is 25.8 Å². The zero-order valence-corrected chi connectivity index (χ0v) is 18.3. The fourth-order valence-corrected chi connectivity index (χ4v) is 4.04. The van der Waals surface area contributed by atoms with Crippen LogP contribution in [0.4, 0.5) is 5.69 Å². The molecule has 0 radical (unpaired) electrons. The molecule has 160 valence electrons. The van der Waals surface area contributed by atoms with Crippen LogP contribution < -0.4 is 10.2 Å². The summed E-state index contributed by atoms with van der Waals surface area (Å²) in [7, 11) is 1.89. The minimum atomic E-state index is -0.433. The van der Waals surface area contributed by atoms with E-state index in [2.05, 4.69) is 17.2 Å². The van der Waals surface area contributed by atoms with Gasteiger partial charge in [-0.25, -0.2) is 4.98 Å². The van der Waals surface area contributed by atoms with Gasteiger partial charge in [0.05, 0.1) is 5.92 Å². The highest BCUT2D eigenvalue weighted by atomic mass is 35.5. The number of imidazole rings is 1. The van der Waals surface area contributed by atoms with E-state index in [1.807, 2.05) is 54.2 Å². The molecule has 1 N–H and O–H groups in total. The number of hydrogen-bond acceptors (Lipinski definition) is 3. The number of benzene rings is 2. The van der Waals surface area contributed by atoms with Gasteiger partial charge in [-0.05, 0) is 41.8 Å². The SMILES string of the molecule is CCc1ccc(N2C[C@@H](C(=O)N[C@@H](c3ccc(Cl)cc3)c3nccn3C)CC2=O)cc1. The standard InChI is InChI=1S/C24H25ClN4O2/c1-3-16-4-10-20(11-5-16)29-15-18(14-21(29)30)24(31)27-22(23-26-12-13-28(23)2)17-6-8-19(25)9-7-17/h4-13,18,22H,3,14-15H2,1-2H3,(H,27,31)/t18-,22-/m0/s1. The van der Waals surface area contributed by atoms with Gasteiger partial charge in [-0.2, -0.15) is 0 Å². The van der Waals surface area contributed by atoms with E-state index in [9.17, 15) is 9.59 Å². The van der Waals surface area contributed by atoms with Crippen molar-refractivity contribution < 1.29 is 9.59 Å². The lowest BCUT2D eigenvalue weighted by Crippen LogP contribution is -2.37. The van der Waals surface area contributed by atoms with E-state index in [-0.39, 0.29) is 18.2 Å². The van der Waals surface area contributed by atoms with Crippen LogP contribution in [0.3, 0.4) is 0 Å². The molecule has 1 aromatic heterocycles. The molecular formula is C24H25ClN4O2. The van der Waals surface area contributed by atoms with Gasteiger partial charge in [0.15, 0.2) is 0 Å². The Labute approximate surface area is 186 Å². The molecule has 0 unspecified atom stereocenters. The molecule has 1 saturated heterocycles. The first-order valence-corrected chi connectivity index (χ1v) is 10.8. The summed E-state index contributed by atoms with van der Waals surface area (Å²) in [5.74, 6) is 0.0915. The van der Waals surface area contributed by atoms with Gasteiger partial charge in [-0.1, -0.05) is 42.8 Å². The zero-order valence-electron chi connectivity index (χ0n) is 17.6. The van der Waals surface area contributed by atoms with E-state index in [0.717, 1.165) is 17.7 Å². The van der Waals surface area contributed by atoms with Crippen LogP contribution in [0.25, 0.3) is 0 Å². The Morgan fingerprint density at radius 3 is 2.52 bits per heavy atom. The fourth-order valence-electron chi connectivity index (χ4n) is 3.91. The second-order valence-electron chi connectivity index (χ2n) is 7.81. The van der Waals surface area contributed by atoms with Crippen molar-refractivity contribution in [3.8, 4) is 0 Å². The maximum Gasteiger partial charge on any atom is 0.227 e. The first kappa shape index (κ1) is 21.1. The maximum absolute atomic E-state index is 13.2. The molecule has 2 heterocycles. The summed E-state index contributed by atoms with van der Waals surface area (Å²) >= 11 is 6.04. The highest BCUT2D eigenvalue weighted by molar-refractivity contribution is 6.30. The lowest BCUT2D eigenvalue weighted by Gasteiger charge is -2.22. The van der Waals surface area contributed by atoms with Crippen LogP contribution in [0.5, 0.6) is 0 Å². The van der Waals surface area contributed by atoms with Crippen LogP contribution in [0, 0.1) is 5.92 Å². The molecule has 0 bridgehead atoms. The van der Waals surface area contributed by atoms with Gasteiger partial charge in [0.25, 0.3) is 0 Å². The van der Waals surface area contributed by atoms with E-state index in [1.165, 1.54) is 5.56 Å². The van der Waals surface area contributed by atoms with Crippen LogP contribution in [-0.2, 0) is 23.1 Å². The molecule has 3 aromatic rings. The molecule has 7 heteroatoms. The van der Waals surface area contributed by atoms with E-state index in [4.69, 9.17) is 11.6 Å². The Bertz CT molecular complexity index is 1080. The van der Waals surface area contributed by atoms with Crippen molar-refractivity contribution in [2.75, 3.05) is 11.4 Å². The third-order valence-corrected chi connectivity index (χ3v) is 6.01. The smallest absolute Gasteiger partial charge is 0.227 e. The van der Waals surface area contributed by atoms with Crippen LogP contribution in [-0.4, -0.2) is 27.9 Å². The number of aromatic nitrogens is 2. The average molecular weight is 437 g/mol. The summed E-state index contributed by atoms with van der Waals surface area (Å²) in [5, 5.41) is 3.73. The summed E-state index contributed by atoms with van der Waals surface area (Å²) < 4.78 is 1.88. The molecule has 1 aliphatic heterocycles. The van der Waals surface area contributed by atoms with Gasteiger partial charge >= 0.3 is 0 Å². The monoisotopic (exact) mass is 436 g/mol. The van der Waals surface area contributed by atoms with E-state index < -0.39 is 12.0 Å². The number of rotatable bonds is 6. The van der Waals surface area contributed by atoms with Crippen molar-refractivity contribution in [3.63, 3.8) is 0 Å². The Kier molecular flexibility index (Phi) is 6.09. The molecule has 0 aliphatic carbocycles. The van der Waals surface area contributed by atoms with Crippen molar-refractivity contribution >= 4 is 29.1 Å². The molecule has 2 aromatic carbocycles. The highest BCUT2D eigenvalue weighted by Gasteiger charge is 2.36. The fraction of sp³-hybridized carbons (Fsp3) is 0.292. The van der Waals surface area contributed by atoms with Crippen molar-refractivity contribution in [2.24, 2.45) is 13.0 Å². The predicted molar refractivity (Wildman–Crippen MR) is 121 cm³/mol. The second-order valence-corrected chi connectivity index (χ2v) is 8.25. The molecule has 4 rings (SSSR count). The first-order valence-electron chi connectivity index (χ1n) is 10.4. The summed E-state index contributed by atoms with van der Waals surface area (Å²) in [6.45, 7) is 2.46. The minimum Gasteiger partial charge on any atom is -0.342 e. The molecule has 1 aliphatic rings. The van der Waals surface area contributed by atoms with Crippen LogP contribution in [0.1, 0.15) is 36.3 Å². The lowest BCUT2D eigenvalue weighted by atomic mass is 10.0. The molecule has 2 atom stereocenters. The molecular weight excluding hydrogens is 412 g/mol. The number of carbonyl (C=O) groups is 2. The summed E-state index contributed by atoms with van der Waals surface area (Å²) in [4.78, 5) is 31.9. The Morgan fingerprint density at radius 2 is 1.90 bits per heavy atom. The van der Waals surface area contributed by atoms with Crippen molar-refractivity contribution in [1.82, 2.24) is 14.9 Å². The van der Waals surface area contributed by atoms with E-state index in [0.29, 0.717) is 17.4 Å². The Morgan fingerprint density at radius 1 is 1.19 bits per heavy atom. The number of amides is 2. The number of halogens is 1. The molecule has 1 fully saturated rings. The maximum atomic E-state index is 13.2. The van der Waals surface area contributed by atoms with Gasteiger partial charge in [0, 0.05) is 43.1 Å². The molecule has 31 heavy (non-hydrogen) atoms. The third kappa shape index (κ3) is 4.49.